The summed E-state index contributed by atoms with van der Waals surface area (Å²) in [5.74, 6) is 0.416. The van der Waals surface area contributed by atoms with Gasteiger partial charge in [0.25, 0.3) is 0 Å². The maximum Gasteiger partial charge on any atom is 0.205 e. The Hall–Kier alpha value is -3.24. The number of nitriles is 1. The second-order valence-electron chi connectivity index (χ2n) is 6.36. The van der Waals surface area contributed by atoms with E-state index in [2.05, 4.69) is 16.4 Å². The van der Waals surface area contributed by atoms with E-state index >= 15 is 0 Å². The average Bonchev–Trinajstić information content (AvgIpc) is 3.12. The van der Waals surface area contributed by atoms with Crippen LogP contribution in [0.25, 0.3) is 10.2 Å². The van der Waals surface area contributed by atoms with Crippen molar-refractivity contribution >= 4 is 32.6 Å². The Morgan fingerprint density at radius 3 is 2.93 bits per heavy atom. The van der Waals surface area contributed by atoms with Crippen molar-refractivity contribution in [3.05, 3.63) is 72.2 Å². The zero-order chi connectivity index (χ0) is 19.3. The summed E-state index contributed by atoms with van der Waals surface area (Å²) in [4.78, 5) is 11.2. The number of aliphatic imine (C=N–C) groups is 1. The number of anilines is 1. The highest BCUT2D eigenvalue weighted by molar-refractivity contribution is 7.22. The molecule has 0 amide bonds. The van der Waals surface area contributed by atoms with E-state index in [0.717, 1.165) is 20.9 Å². The second kappa shape index (κ2) is 8.19. The molecular weight excluding hydrogens is 373 g/mol. The van der Waals surface area contributed by atoms with Crippen molar-refractivity contribution in [1.29, 1.82) is 5.26 Å². The van der Waals surface area contributed by atoms with Crippen LogP contribution in [0.4, 0.5) is 9.52 Å². The molecule has 2 aromatic carbocycles. The Bertz CT molecular complexity index is 1050. The van der Waals surface area contributed by atoms with Crippen LogP contribution in [0.2, 0.25) is 0 Å². The van der Waals surface area contributed by atoms with Crippen molar-refractivity contribution in [2.45, 2.75) is 18.9 Å². The Morgan fingerprint density at radius 1 is 1.21 bits per heavy atom. The smallest absolute Gasteiger partial charge is 0.205 e. The van der Waals surface area contributed by atoms with Gasteiger partial charge in [0, 0.05) is 12.7 Å². The van der Waals surface area contributed by atoms with Gasteiger partial charge in [-0.25, -0.2) is 14.4 Å². The molecule has 0 radical (unpaired) electrons. The minimum Gasteiger partial charge on any atom is -0.355 e. The van der Waals surface area contributed by atoms with Crippen molar-refractivity contribution in [3.8, 4) is 6.07 Å². The summed E-state index contributed by atoms with van der Waals surface area (Å²) in [6.45, 7) is 0.594. The lowest BCUT2D eigenvalue weighted by atomic mass is 10.1. The number of thiazole rings is 1. The maximum absolute atomic E-state index is 13.4. The topological polar surface area (TPSA) is 64.3 Å². The summed E-state index contributed by atoms with van der Waals surface area (Å²) in [6, 6.07) is 16.6. The van der Waals surface area contributed by atoms with E-state index in [-0.39, 0.29) is 11.9 Å². The Kier molecular flexibility index (Phi) is 5.31. The lowest BCUT2D eigenvalue weighted by Gasteiger charge is -2.31. The van der Waals surface area contributed by atoms with Crippen LogP contribution in [0.15, 0.2) is 65.8 Å². The number of rotatable bonds is 5. The lowest BCUT2D eigenvalue weighted by molar-refractivity contribution is 0.625. The highest BCUT2D eigenvalue weighted by Crippen LogP contribution is 2.31. The third-order valence-corrected chi connectivity index (χ3v) is 5.48. The minimum atomic E-state index is -0.236. The SMILES string of the molecule is N#CCC1C=CN=C(NCCc2cccc(F)c2)N1c1nc2ccccc2s1. The van der Waals surface area contributed by atoms with E-state index in [4.69, 9.17) is 4.98 Å². The largest absolute Gasteiger partial charge is 0.355 e. The van der Waals surface area contributed by atoms with Gasteiger partial charge in [0.05, 0.1) is 28.7 Å². The number of guanidine groups is 1. The fraction of sp³-hybridized carbons (Fsp3) is 0.190. The summed E-state index contributed by atoms with van der Waals surface area (Å²) in [5.41, 5.74) is 1.84. The van der Waals surface area contributed by atoms with Crippen molar-refractivity contribution in [2.24, 2.45) is 4.99 Å². The molecular formula is C21H18FN5S. The van der Waals surface area contributed by atoms with Crippen molar-refractivity contribution in [1.82, 2.24) is 10.3 Å². The third kappa shape index (κ3) is 3.87. The summed E-state index contributed by atoms with van der Waals surface area (Å²) in [7, 11) is 0. The lowest BCUT2D eigenvalue weighted by Crippen LogP contribution is -2.48. The molecule has 7 heteroatoms. The molecule has 28 heavy (non-hydrogen) atoms. The first kappa shape index (κ1) is 18.1. The monoisotopic (exact) mass is 391 g/mol. The molecule has 1 unspecified atom stereocenters. The zero-order valence-corrected chi connectivity index (χ0v) is 15.9. The molecule has 0 saturated heterocycles. The number of para-hydroxylation sites is 1. The van der Waals surface area contributed by atoms with Gasteiger partial charge >= 0.3 is 0 Å². The van der Waals surface area contributed by atoms with E-state index in [1.54, 1.807) is 23.6 Å². The highest BCUT2D eigenvalue weighted by Gasteiger charge is 2.27. The van der Waals surface area contributed by atoms with Crippen LogP contribution in [0, 0.1) is 17.1 Å². The number of benzene rings is 2. The number of halogens is 1. The summed E-state index contributed by atoms with van der Waals surface area (Å²) < 4.78 is 14.5. The van der Waals surface area contributed by atoms with Crippen LogP contribution < -0.4 is 10.2 Å². The van der Waals surface area contributed by atoms with E-state index in [1.165, 1.54) is 12.1 Å². The Morgan fingerprint density at radius 2 is 2.11 bits per heavy atom. The fourth-order valence-electron chi connectivity index (χ4n) is 3.11. The molecule has 1 aliphatic heterocycles. The zero-order valence-electron chi connectivity index (χ0n) is 15.0. The predicted octanol–water partition coefficient (Wildman–Crippen LogP) is 4.24. The summed E-state index contributed by atoms with van der Waals surface area (Å²) in [6.07, 6.45) is 4.62. The number of aromatic nitrogens is 1. The minimum absolute atomic E-state index is 0.139. The van der Waals surface area contributed by atoms with Crippen molar-refractivity contribution in [3.63, 3.8) is 0 Å². The van der Waals surface area contributed by atoms with Gasteiger partial charge in [-0.15, -0.1) is 0 Å². The predicted molar refractivity (Wildman–Crippen MR) is 111 cm³/mol. The number of hydrogen-bond donors (Lipinski definition) is 1. The Labute approximate surface area is 166 Å². The normalized spacial score (nSPS) is 16.1. The van der Waals surface area contributed by atoms with Crippen LogP contribution in [0.1, 0.15) is 12.0 Å². The van der Waals surface area contributed by atoms with E-state index in [0.29, 0.717) is 25.3 Å². The molecule has 0 spiro atoms. The van der Waals surface area contributed by atoms with Gasteiger partial charge in [0.15, 0.2) is 5.13 Å². The van der Waals surface area contributed by atoms with Crippen LogP contribution in [0.5, 0.6) is 0 Å². The van der Waals surface area contributed by atoms with Gasteiger partial charge in [-0.2, -0.15) is 5.26 Å². The Balaban J connectivity index is 1.55. The molecule has 0 saturated carbocycles. The molecule has 1 N–H and O–H groups in total. The molecule has 140 valence electrons. The second-order valence-corrected chi connectivity index (χ2v) is 7.37. The molecule has 4 rings (SSSR count). The van der Waals surface area contributed by atoms with E-state index < -0.39 is 0 Å². The molecule has 0 fully saturated rings. The molecule has 1 aliphatic rings. The van der Waals surface area contributed by atoms with Gasteiger partial charge in [0.2, 0.25) is 5.96 Å². The maximum atomic E-state index is 13.4. The van der Waals surface area contributed by atoms with Crippen molar-refractivity contribution < 1.29 is 4.39 Å². The fourth-order valence-corrected chi connectivity index (χ4v) is 4.13. The third-order valence-electron chi connectivity index (χ3n) is 4.44. The average molecular weight is 391 g/mol. The molecule has 1 atom stereocenters. The number of fused-ring (bicyclic) bond motifs is 1. The van der Waals surface area contributed by atoms with E-state index in [1.807, 2.05) is 41.3 Å². The van der Waals surface area contributed by atoms with Gasteiger partial charge in [0.1, 0.15) is 5.82 Å². The first-order valence-corrected chi connectivity index (χ1v) is 9.81. The first-order chi connectivity index (χ1) is 13.7. The summed E-state index contributed by atoms with van der Waals surface area (Å²) >= 11 is 1.57. The molecule has 1 aromatic heterocycles. The van der Waals surface area contributed by atoms with Gasteiger partial charge in [-0.3, -0.25) is 4.90 Å². The molecule has 5 nitrogen and oxygen atoms in total. The molecule has 2 heterocycles. The van der Waals surface area contributed by atoms with Crippen molar-refractivity contribution in [2.75, 3.05) is 11.4 Å². The standard InChI is InChI=1S/C21H18FN5S/c22-16-5-3-4-15(14-16)9-12-24-20-25-13-10-17(8-11-23)27(20)21-26-18-6-1-2-7-19(18)28-21/h1-7,10,13-14,17H,8-9,12H2,(H,24,25). The van der Waals surface area contributed by atoms with Crippen LogP contribution >= 0.6 is 11.3 Å². The molecule has 0 bridgehead atoms. The van der Waals surface area contributed by atoms with Gasteiger partial charge < -0.3 is 5.32 Å². The van der Waals surface area contributed by atoms with E-state index in [9.17, 15) is 9.65 Å². The summed E-state index contributed by atoms with van der Waals surface area (Å²) in [5, 5.41) is 13.4. The molecule has 3 aromatic rings. The highest BCUT2D eigenvalue weighted by atomic mass is 32.1. The van der Waals surface area contributed by atoms with Crippen LogP contribution in [-0.4, -0.2) is 23.5 Å². The molecule has 0 aliphatic carbocycles. The van der Waals surface area contributed by atoms with Crippen LogP contribution in [0.3, 0.4) is 0 Å². The van der Waals surface area contributed by atoms with Crippen LogP contribution in [-0.2, 0) is 6.42 Å². The van der Waals surface area contributed by atoms with Gasteiger partial charge in [-0.05, 0) is 42.3 Å². The first-order valence-electron chi connectivity index (χ1n) is 8.99. The quantitative estimate of drug-likeness (QED) is 0.707. The number of nitrogens with zero attached hydrogens (tertiary/aromatic N) is 4. The van der Waals surface area contributed by atoms with Gasteiger partial charge in [-0.1, -0.05) is 35.6 Å². The number of nitrogens with one attached hydrogen (secondary N) is 1. The number of hydrogen-bond acceptors (Lipinski definition) is 6.